The number of hydrogen-bond acceptors (Lipinski definition) is 4. The van der Waals surface area contributed by atoms with Gasteiger partial charge >= 0.3 is 0 Å². The zero-order valence-corrected chi connectivity index (χ0v) is 9.86. The highest BCUT2D eigenvalue weighted by Crippen LogP contribution is 2.19. The summed E-state index contributed by atoms with van der Waals surface area (Å²) in [7, 11) is 0. The van der Waals surface area contributed by atoms with Crippen LogP contribution in [0.3, 0.4) is 0 Å². The zero-order valence-electron chi connectivity index (χ0n) is 9.86. The molecule has 2 aromatic heterocycles. The summed E-state index contributed by atoms with van der Waals surface area (Å²) in [5.41, 5.74) is 3.03. The summed E-state index contributed by atoms with van der Waals surface area (Å²) in [5, 5.41) is 8.25. The molecular formula is C14H9FN4. The number of rotatable bonds is 2. The van der Waals surface area contributed by atoms with Crippen LogP contribution in [0.15, 0.2) is 55.1 Å². The molecular weight excluding hydrogens is 243 g/mol. The standard InChI is InChI=1S/C14H9FN4/c15-12-3-1-10(2-4-12)13-5-6-14(19-18-13)11-7-16-9-17-8-11/h1-9H. The lowest BCUT2D eigenvalue weighted by molar-refractivity contribution is 0.628. The Morgan fingerprint density at radius 2 is 1.26 bits per heavy atom. The first-order valence-electron chi connectivity index (χ1n) is 5.68. The van der Waals surface area contributed by atoms with Crippen molar-refractivity contribution < 1.29 is 4.39 Å². The van der Waals surface area contributed by atoms with Crippen LogP contribution in [0.1, 0.15) is 0 Å². The summed E-state index contributed by atoms with van der Waals surface area (Å²) in [6.07, 6.45) is 4.81. The van der Waals surface area contributed by atoms with Crippen LogP contribution < -0.4 is 0 Å². The maximum Gasteiger partial charge on any atom is 0.123 e. The van der Waals surface area contributed by atoms with Crippen LogP contribution in [0.4, 0.5) is 4.39 Å². The van der Waals surface area contributed by atoms with Crippen LogP contribution in [0.2, 0.25) is 0 Å². The molecule has 3 rings (SSSR count). The Kier molecular flexibility index (Phi) is 2.94. The van der Waals surface area contributed by atoms with E-state index in [1.807, 2.05) is 12.1 Å². The number of halogens is 1. The summed E-state index contributed by atoms with van der Waals surface area (Å²) >= 11 is 0. The molecule has 0 spiro atoms. The molecule has 0 bridgehead atoms. The fourth-order valence-electron chi connectivity index (χ4n) is 1.69. The van der Waals surface area contributed by atoms with E-state index in [0.29, 0.717) is 11.4 Å². The maximum absolute atomic E-state index is 12.8. The second kappa shape index (κ2) is 4.89. The number of benzene rings is 1. The van der Waals surface area contributed by atoms with Crippen molar-refractivity contribution in [1.29, 1.82) is 0 Å². The molecule has 0 aliphatic rings. The minimum absolute atomic E-state index is 0.269. The molecule has 0 N–H and O–H groups in total. The van der Waals surface area contributed by atoms with Crippen molar-refractivity contribution in [3.05, 3.63) is 60.9 Å². The van der Waals surface area contributed by atoms with Crippen LogP contribution >= 0.6 is 0 Å². The normalized spacial score (nSPS) is 10.4. The topological polar surface area (TPSA) is 51.6 Å². The molecule has 19 heavy (non-hydrogen) atoms. The van der Waals surface area contributed by atoms with Crippen molar-refractivity contribution in [1.82, 2.24) is 20.2 Å². The first-order chi connectivity index (χ1) is 9.33. The number of nitrogens with zero attached hydrogens (tertiary/aromatic N) is 4. The third-order valence-electron chi connectivity index (χ3n) is 2.66. The fourth-order valence-corrected chi connectivity index (χ4v) is 1.69. The second-order valence-corrected chi connectivity index (χ2v) is 3.94. The fraction of sp³-hybridized carbons (Fsp3) is 0. The quantitative estimate of drug-likeness (QED) is 0.703. The Bertz CT molecular complexity index is 666. The zero-order chi connectivity index (χ0) is 13.1. The monoisotopic (exact) mass is 252 g/mol. The van der Waals surface area contributed by atoms with Crippen molar-refractivity contribution in [3.8, 4) is 22.5 Å². The lowest BCUT2D eigenvalue weighted by Crippen LogP contribution is -1.91. The van der Waals surface area contributed by atoms with Gasteiger partial charge in [0.15, 0.2) is 0 Å². The summed E-state index contributed by atoms with van der Waals surface area (Å²) < 4.78 is 12.8. The molecule has 5 heteroatoms. The SMILES string of the molecule is Fc1ccc(-c2ccc(-c3cncnc3)nn2)cc1. The first-order valence-corrected chi connectivity index (χ1v) is 5.68. The minimum Gasteiger partial charge on any atom is -0.244 e. The summed E-state index contributed by atoms with van der Waals surface area (Å²) in [5.74, 6) is -0.269. The van der Waals surface area contributed by atoms with Crippen LogP contribution in [0, 0.1) is 5.82 Å². The summed E-state index contributed by atoms with van der Waals surface area (Å²) in [4.78, 5) is 7.86. The van der Waals surface area contributed by atoms with Gasteiger partial charge in [-0.05, 0) is 36.4 Å². The van der Waals surface area contributed by atoms with Gasteiger partial charge in [-0.3, -0.25) is 0 Å². The van der Waals surface area contributed by atoms with E-state index in [0.717, 1.165) is 11.1 Å². The lowest BCUT2D eigenvalue weighted by Gasteiger charge is -2.02. The molecule has 92 valence electrons. The highest BCUT2D eigenvalue weighted by molar-refractivity contribution is 5.62. The van der Waals surface area contributed by atoms with E-state index in [2.05, 4.69) is 20.2 Å². The molecule has 0 unspecified atom stereocenters. The summed E-state index contributed by atoms with van der Waals surface area (Å²) in [6.45, 7) is 0. The third-order valence-corrected chi connectivity index (χ3v) is 2.66. The van der Waals surface area contributed by atoms with Crippen LogP contribution in [0.25, 0.3) is 22.5 Å². The lowest BCUT2D eigenvalue weighted by atomic mass is 10.1. The van der Waals surface area contributed by atoms with E-state index in [9.17, 15) is 4.39 Å². The smallest absolute Gasteiger partial charge is 0.123 e. The maximum atomic E-state index is 12.8. The predicted octanol–water partition coefficient (Wildman–Crippen LogP) is 2.74. The van der Waals surface area contributed by atoms with Gasteiger partial charge in [-0.15, -0.1) is 10.2 Å². The van der Waals surface area contributed by atoms with E-state index < -0.39 is 0 Å². The molecule has 0 amide bonds. The van der Waals surface area contributed by atoms with Gasteiger partial charge in [0, 0.05) is 23.5 Å². The van der Waals surface area contributed by atoms with Crippen molar-refractivity contribution in [2.45, 2.75) is 0 Å². The highest BCUT2D eigenvalue weighted by Gasteiger charge is 2.03. The van der Waals surface area contributed by atoms with Gasteiger partial charge in [0.1, 0.15) is 12.1 Å². The second-order valence-electron chi connectivity index (χ2n) is 3.94. The molecule has 0 aliphatic carbocycles. The Balaban J connectivity index is 1.93. The Labute approximate surface area is 109 Å². The van der Waals surface area contributed by atoms with Crippen LogP contribution in [-0.2, 0) is 0 Å². The van der Waals surface area contributed by atoms with Crippen molar-refractivity contribution in [2.24, 2.45) is 0 Å². The highest BCUT2D eigenvalue weighted by atomic mass is 19.1. The van der Waals surface area contributed by atoms with Crippen molar-refractivity contribution in [3.63, 3.8) is 0 Å². The third kappa shape index (κ3) is 2.44. The minimum atomic E-state index is -0.269. The van der Waals surface area contributed by atoms with E-state index in [4.69, 9.17) is 0 Å². The van der Waals surface area contributed by atoms with Gasteiger partial charge in [0.05, 0.1) is 11.4 Å². The average molecular weight is 252 g/mol. The van der Waals surface area contributed by atoms with E-state index in [-0.39, 0.29) is 5.82 Å². The number of aromatic nitrogens is 4. The molecule has 2 heterocycles. The van der Waals surface area contributed by atoms with Gasteiger partial charge in [0.2, 0.25) is 0 Å². The molecule has 3 aromatic rings. The largest absolute Gasteiger partial charge is 0.244 e. The molecule has 0 fully saturated rings. The molecule has 0 saturated carbocycles. The average Bonchev–Trinajstić information content (AvgIpc) is 2.49. The van der Waals surface area contributed by atoms with Crippen LogP contribution in [0.5, 0.6) is 0 Å². The molecule has 0 radical (unpaired) electrons. The van der Waals surface area contributed by atoms with Crippen molar-refractivity contribution in [2.75, 3.05) is 0 Å². The Morgan fingerprint density at radius 1 is 0.684 bits per heavy atom. The molecule has 0 saturated heterocycles. The van der Waals surface area contributed by atoms with E-state index in [1.165, 1.54) is 18.5 Å². The van der Waals surface area contributed by atoms with Gasteiger partial charge in [-0.1, -0.05) is 0 Å². The molecule has 1 aromatic carbocycles. The Morgan fingerprint density at radius 3 is 1.84 bits per heavy atom. The van der Waals surface area contributed by atoms with E-state index >= 15 is 0 Å². The van der Waals surface area contributed by atoms with Gasteiger partial charge < -0.3 is 0 Å². The van der Waals surface area contributed by atoms with Crippen molar-refractivity contribution >= 4 is 0 Å². The molecule has 0 aliphatic heterocycles. The predicted molar refractivity (Wildman–Crippen MR) is 68.5 cm³/mol. The molecule has 4 nitrogen and oxygen atoms in total. The van der Waals surface area contributed by atoms with Gasteiger partial charge in [-0.2, -0.15) is 0 Å². The summed E-state index contributed by atoms with van der Waals surface area (Å²) in [6, 6.07) is 9.81. The number of hydrogen-bond donors (Lipinski definition) is 0. The Hall–Kier alpha value is -2.69. The first kappa shape index (κ1) is 11.4. The van der Waals surface area contributed by atoms with Gasteiger partial charge in [0.25, 0.3) is 0 Å². The van der Waals surface area contributed by atoms with E-state index in [1.54, 1.807) is 24.5 Å². The van der Waals surface area contributed by atoms with Crippen LogP contribution in [-0.4, -0.2) is 20.2 Å². The molecule has 0 atom stereocenters. The van der Waals surface area contributed by atoms with Gasteiger partial charge in [-0.25, -0.2) is 14.4 Å².